The Bertz CT molecular complexity index is 989. The van der Waals surface area contributed by atoms with Crippen LogP contribution in [0.25, 0.3) is 10.4 Å². The van der Waals surface area contributed by atoms with Crippen molar-refractivity contribution in [3.05, 3.63) is 80.6 Å². The van der Waals surface area contributed by atoms with Crippen LogP contribution in [0.4, 0.5) is 0 Å². The summed E-state index contributed by atoms with van der Waals surface area (Å²) in [6.07, 6.45) is 3.19. The van der Waals surface area contributed by atoms with E-state index in [-0.39, 0.29) is 5.78 Å². The van der Waals surface area contributed by atoms with Crippen LogP contribution in [-0.4, -0.2) is 11.6 Å². The molecule has 0 bridgehead atoms. The Hall–Kier alpha value is -2.04. The number of carbonyl (C=O) groups excluding carboxylic acids is 2. The number of thiophene rings is 1. The number of halogens is 1. The van der Waals surface area contributed by atoms with Gasteiger partial charge in [0.2, 0.25) is 0 Å². The molecule has 0 atom stereocenters. The van der Waals surface area contributed by atoms with Gasteiger partial charge in [0.25, 0.3) is 0 Å². The van der Waals surface area contributed by atoms with E-state index < -0.39 is 0 Å². The molecule has 0 aliphatic heterocycles. The Balaban J connectivity index is 0.000000136. The van der Waals surface area contributed by atoms with E-state index in [1.165, 1.54) is 21.6 Å². The lowest BCUT2D eigenvalue weighted by atomic mass is 10.1. The van der Waals surface area contributed by atoms with Crippen LogP contribution in [0.1, 0.15) is 44.7 Å². The quantitative estimate of drug-likeness (QED) is 0.471. The maximum Gasteiger partial charge on any atom is 0.163 e. The normalized spacial score (nSPS) is 14.7. The van der Waals surface area contributed by atoms with Gasteiger partial charge in [-0.1, -0.05) is 40.2 Å². The molecule has 0 fully saturated rings. The van der Waals surface area contributed by atoms with Crippen molar-refractivity contribution in [2.45, 2.75) is 25.7 Å². The predicted molar refractivity (Wildman–Crippen MR) is 109 cm³/mol. The fourth-order valence-electron chi connectivity index (χ4n) is 3.48. The van der Waals surface area contributed by atoms with E-state index in [1.807, 2.05) is 30.3 Å². The molecule has 4 heteroatoms. The summed E-state index contributed by atoms with van der Waals surface area (Å²) in [5, 5.41) is 2.08. The van der Waals surface area contributed by atoms with Gasteiger partial charge in [0.1, 0.15) is 0 Å². The zero-order valence-electron chi connectivity index (χ0n) is 14.1. The van der Waals surface area contributed by atoms with Gasteiger partial charge < -0.3 is 0 Å². The molecule has 0 saturated heterocycles. The first kappa shape index (κ1) is 17.4. The lowest BCUT2D eigenvalue weighted by Crippen LogP contribution is -1.90. The van der Waals surface area contributed by atoms with Crippen molar-refractivity contribution in [2.24, 2.45) is 0 Å². The minimum Gasteiger partial charge on any atom is -0.294 e. The Morgan fingerprint density at radius 3 is 2.08 bits per heavy atom. The molecule has 2 aliphatic rings. The van der Waals surface area contributed by atoms with Crippen molar-refractivity contribution in [1.82, 2.24) is 0 Å². The van der Waals surface area contributed by atoms with E-state index in [2.05, 4.69) is 39.5 Å². The molecule has 5 rings (SSSR count). The topological polar surface area (TPSA) is 34.1 Å². The highest BCUT2D eigenvalue weighted by Crippen LogP contribution is 2.30. The largest absolute Gasteiger partial charge is 0.294 e. The summed E-state index contributed by atoms with van der Waals surface area (Å²) in [6.45, 7) is 0. The van der Waals surface area contributed by atoms with Gasteiger partial charge in [-0.05, 0) is 59.2 Å². The molecule has 0 amide bonds. The SMILES string of the molecule is O=C1CCc2cc(-c3cccs3)ccc21.O=C1CCc2cc(Br)ccc21. The van der Waals surface area contributed by atoms with E-state index in [1.54, 1.807) is 11.3 Å². The molecule has 26 heavy (non-hydrogen) atoms. The second kappa shape index (κ2) is 7.29. The molecule has 130 valence electrons. The molecular weight excluding hydrogens is 408 g/mol. The summed E-state index contributed by atoms with van der Waals surface area (Å²) in [7, 11) is 0. The van der Waals surface area contributed by atoms with Crippen LogP contribution in [-0.2, 0) is 12.8 Å². The van der Waals surface area contributed by atoms with Crippen LogP contribution in [0.5, 0.6) is 0 Å². The van der Waals surface area contributed by atoms with Gasteiger partial charge in [-0.15, -0.1) is 11.3 Å². The van der Waals surface area contributed by atoms with Crippen LogP contribution in [0.3, 0.4) is 0 Å². The second-order valence-electron chi connectivity index (χ2n) is 6.50. The van der Waals surface area contributed by atoms with Crippen molar-refractivity contribution in [1.29, 1.82) is 0 Å². The molecule has 0 spiro atoms. The molecule has 2 aromatic carbocycles. The molecule has 1 aromatic heterocycles. The third-order valence-corrected chi connectivity index (χ3v) is 6.23. The maximum atomic E-state index is 11.5. The first-order valence-corrected chi connectivity index (χ1v) is 10.3. The standard InChI is InChI=1S/C13H10OS.C9H7BrO/c14-12-6-4-9-8-10(3-5-11(9)12)13-2-1-7-15-13;10-7-2-3-8-6(5-7)1-4-9(8)11/h1-3,5,7-8H,4,6H2;2-3,5H,1,4H2. The van der Waals surface area contributed by atoms with Crippen molar-refractivity contribution in [3.63, 3.8) is 0 Å². The minimum absolute atomic E-state index is 0.285. The average Bonchev–Trinajstić information content (AvgIpc) is 3.37. The lowest BCUT2D eigenvalue weighted by Gasteiger charge is -2.01. The predicted octanol–water partition coefficient (Wildman–Crippen LogP) is 6.12. The highest BCUT2D eigenvalue weighted by Gasteiger charge is 2.19. The van der Waals surface area contributed by atoms with Crippen molar-refractivity contribution in [3.8, 4) is 10.4 Å². The number of hydrogen-bond acceptors (Lipinski definition) is 3. The van der Waals surface area contributed by atoms with Crippen molar-refractivity contribution >= 4 is 38.8 Å². The van der Waals surface area contributed by atoms with Crippen LogP contribution in [0, 0.1) is 0 Å². The van der Waals surface area contributed by atoms with Gasteiger partial charge in [-0.25, -0.2) is 0 Å². The second-order valence-corrected chi connectivity index (χ2v) is 8.36. The third kappa shape index (κ3) is 3.44. The first-order chi connectivity index (χ1) is 12.6. The van der Waals surface area contributed by atoms with E-state index >= 15 is 0 Å². The zero-order valence-corrected chi connectivity index (χ0v) is 16.5. The van der Waals surface area contributed by atoms with Crippen LogP contribution in [0.2, 0.25) is 0 Å². The van der Waals surface area contributed by atoms with Gasteiger partial charge in [-0.3, -0.25) is 9.59 Å². The Kier molecular flexibility index (Phi) is 4.88. The number of Topliss-reactive ketones (excluding diaryl/α,β-unsaturated/α-hetero) is 2. The number of benzene rings is 2. The van der Waals surface area contributed by atoms with Gasteiger partial charge in [0.15, 0.2) is 11.6 Å². The third-order valence-electron chi connectivity index (χ3n) is 4.82. The van der Waals surface area contributed by atoms with Crippen LogP contribution >= 0.6 is 27.3 Å². The molecular formula is C22H17BrO2S. The van der Waals surface area contributed by atoms with Crippen molar-refractivity contribution < 1.29 is 9.59 Å². The highest BCUT2D eigenvalue weighted by molar-refractivity contribution is 9.10. The Morgan fingerprint density at radius 1 is 0.769 bits per heavy atom. The summed E-state index contributed by atoms with van der Waals surface area (Å²) < 4.78 is 1.06. The van der Waals surface area contributed by atoms with Crippen LogP contribution < -0.4 is 0 Å². The van der Waals surface area contributed by atoms with Crippen LogP contribution in [0.15, 0.2) is 58.4 Å². The molecule has 0 unspecified atom stereocenters. The van der Waals surface area contributed by atoms with E-state index in [9.17, 15) is 9.59 Å². The lowest BCUT2D eigenvalue weighted by molar-refractivity contribution is 0.0986. The van der Waals surface area contributed by atoms with Gasteiger partial charge >= 0.3 is 0 Å². The molecule has 2 nitrogen and oxygen atoms in total. The molecule has 0 radical (unpaired) electrons. The fraction of sp³-hybridized carbons (Fsp3) is 0.182. The Labute approximate surface area is 165 Å². The summed E-state index contributed by atoms with van der Waals surface area (Å²) in [5.74, 6) is 0.579. The molecule has 2 aliphatic carbocycles. The summed E-state index contributed by atoms with van der Waals surface area (Å²) >= 11 is 5.11. The minimum atomic E-state index is 0.285. The molecule has 0 N–H and O–H groups in total. The monoisotopic (exact) mass is 424 g/mol. The van der Waals surface area contributed by atoms with Gasteiger partial charge in [0, 0.05) is 33.3 Å². The number of fused-ring (bicyclic) bond motifs is 2. The number of hydrogen-bond donors (Lipinski definition) is 0. The number of rotatable bonds is 1. The Morgan fingerprint density at radius 2 is 1.42 bits per heavy atom. The summed E-state index contributed by atoms with van der Waals surface area (Å²) in [4.78, 5) is 23.9. The highest BCUT2D eigenvalue weighted by atomic mass is 79.9. The van der Waals surface area contributed by atoms with Crippen molar-refractivity contribution in [2.75, 3.05) is 0 Å². The first-order valence-electron chi connectivity index (χ1n) is 8.63. The number of ketones is 2. The van der Waals surface area contributed by atoms with Gasteiger partial charge in [0.05, 0.1) is 0 Å². The fourth-order valence-corrected chi connectivity index (χ4v) is 4.61. The summed E-state index contributed by atoms with van der Waals surface area (Å²) in [5.41, 5.74) is 5.47. The number of carbonyl (C=O) groups is 2. The molecule has 0 saturated carbocycles. The smallest absolute Gasteiger partial charge is 0.163 e. The maximum absolute atomic E-state index is 11.5. The zero-order chi connectivity index (χ0) is 18.1. The molecule has 1 heterocycles. The van der Waals surface area contributed by atoms with E-state index in [4.69, 9.17) is 0 Å². The van der Waals surface area contributed by atoms with E-state index in [0.717, 1.165) is 28.4 Å². The molecule has 3 aromatic rings. The van der Waals surface area contributed by atoms with E-state index in [0.29, 0.717) is 18.6 Å². The van der Waals surface area contributed by atoms with Gasteiger partial charge in [-0.2, -0.15) is 0 Å². The summed E-state index contributed by atoms with van der Waals surface area (Å²) in [6, 6.07) is 16.2. The average molecular weight is 425 g/mol. The number of aryl methyl sites for hydroxylation is 2.